The molecule has 13 unspecified atom stereocenters. The van der Waals surface area contributed by atoms with E-state index in [2.05, 4.69) is 26.6 Å². The van der Waals surface area contributed by atoms with Crippen molar-refractivity contribution in [3.8, 4) is 57.1 Å². The molecule has 22 atom stereocenters. The van der Waals surface area contributed by atoms with Crippen LogP contribution in [0, 0.1) is 41.4 Å². The number of hydrogen-bond acceptors (Lipinski definition) is 28. The van der Waals surface area contributed by atoms with E-state index in [9.17, 15) is 55.5 Å². The number of ketones is 3. The first-order chi connectivity index (χ1) is 56.8. The summed E-state index contributed by atoms with van der Waals surface area (Å²) in [6.45, 7) is 8.94. The molecule has 8 heterocycles. The van der Waals surface area contributed by atoms with Crippen LogP contribution in [0.4, 0.5) is 0 Å². The zero-order valence-corrected chi connectivity index (χ0v) is 68.2. The second-order valence-corrected chi connectivity index (χ2v) is 35.6. The van der Waals surface area contributed by atoms with Gasteiger partial charge >= 0.3 is 0 Å². The van der Waals surface area contributed by atoms with E-state index in [0.29, 0.717) is 11.8 Å². The van der Waals surface area contributed by atoms with Gasteiger partial charge in [0.15, 0.2) is 47.5 Å². The topological polar surface area (TPSA) is 531 Å². The van der Waals surface area contributed by atoms with Crippen LogP contribution < -0.4 is 58.0 Å². The van der Waals surface area contributed by atoms with E-state index < -0.39 is 240 Å². The number of nitrogens with one attached hydrogen (secondary N) is 5. The molecule has 15 bridgehead atoms. The molecule has 4 aliphatic carbocycles. The number of benzene rings is 5. The molecule has 33 nitrogen and oxygen atoms in total. The quantitative estimate of drug-likeness (QED) is 0.0604. The fraction of sp³-hybridized carbons (Fsp3) is 0.558. The van der Waals surface area contributed by atoms with Gasteiger partial charge in [0, 0.05) is 66.8 Å². The number of aliphatic hydroxyl groups excluding tert-OH is 6. The van der Waals surface area contributed by atoms with E-state index in [1.54, 1.807) is 20.8 Å². The number of fused-ring (bicyclic) bond motifs is 15. The Morgan fingerprint density at radius 2 is 1.29 bits per heavy atom. The molecule has 20 N–H and O–H groups in total. The molecule has 5 amide bonds. The normalized spacial score (nSPS) is 35.3. The van der Waals surface area contributed by atoms with Gasteiger partial charge in [-0.3, -0.25) is 38.4 Å². The number of hydrogen-bond donors (Lipinski definition) is 17. The lowest BCUT2D eigenvalue weighted by Crippen LogP contribution is -2.64. The zero-order valence-electron chi connectivity index (χ0n) is 67.5. The van der Waals surface area contributed by atoms with Gasteiger partial charge in [-0.2, -0.15) is 0 Å². The van der Waals surface area contributed by atoms with Crippen LogP contribution >= 0.6 is 11.6 Å². The van der Waals surface area contributed by atoms with Crippen LogP contribution in [0.2, 0.25) is 5.02 Å². The Morgan fingerprint density at radius 3 is 1.90 bits per heavy atom. The van der Waals surface area contributed by atoms with Gasteiger partial charge < -0.3 is 128 Å². The van der Waals surface area contributed by atoms with Crippen molar-refractivity contribution in [3.05, 3.63) is 118 Å². The number of carbonyl (C=O) groups is 8. The molecular formula is C86H107ClN8O25. The van der Waals surface area contributed by atoms with Crippen molar-refractivity contribution in [2.45, 2.75) is 246 Å². The molecule has 3 saturated heterocycles. The lowest BCUT2D eigenvalue weighted by molar-refractivity contribution is -0.333. The van der Waals surface area contributed by atoms with Crippen LogP contribution in [-0.4, -0.2) is 203 Å². The zero-order chi connectivity index (χ0) is 86.2. The van der Waals surface area contributed by atoms with E-state index in [1.807, 2.05) is 13.8 Å². The lowest BCUT2D eigenvalue weighted by Gasteiger charge is -2.54. The maximum Gasteiger partial charge on any atom is 0.246 e. The summed E-state index contributed by atoms with van der Waals surface area (Å²) in [6, 6.07) is 8.78. The third-order valence-corrected chi connectivity index (χ3v) is 25.9. The summed E-state index contributed by atoms with van der Waals surface area (Å²) in [6.07, 6.45) is -18.9. The summed E-state index contributed by atoms with van der Waals surface area (Å²) in [5.41, 5.74) is 15.4. The summed E-state index contributed by atoms with van der Waals surface area (Å²) < 4.78 is 52.7. The molecule has 8 aliphatic heterocycles. The van der Waals surface area contributed by atoms with E-state index in [-0.39, 0.29) is 105 Å². The first-order valence-corrected chi connectivity index (χ1v) is 41.3. The molecule has 0 spiro atoms. The fourth-order valence-corrected chi connectivity index (χ4v) is 19.7. The van der Waals surface area contributed by atoms with Crippen molar-refractivity contribution in [1.29, 1.82) is 0 Å². The summed E-state index contributed by atoms with van der Waals surface area (Å²) in [4.78, 5) is 124. The SMILES string of the molecule is CN[C@H](CC(C)C)C(=O)N[C@H]1C(=O)C[C@@H](CC(N)=O)C(=O)N[C@H]2C(=O)C[C@H]3C(=O)N[C@@H](C(=O)N[C@H](C(=O)CC4C5CC6CC(C5)CC4C6)c4cc(O)cc(O)c4-c4cc3ccc4O)[C@H](OC3CC(C)(N)C(O)C(C)O3)c3ccc(cc3)Oc3cc2cc(c3OC2OC(CO)C(O)C(O)C2OC2CC(C)(N)C(O)C(C)O2)Oc2ccc(cc2Cl)[C@H]1O. The second-order valence-electron chi connectivity index (χ2n) is 35.1. The maximum atomic E-state index is 16.8. The number of likely N-dealkylation sites (N-methyl/N-ethyl adjacent to an activating group) is 1. The van der Waals surface area contributed by atoms with Gasteiger partial charge in [0.25, 0.3) is 0 Å². The Kier molecular flexibility index (Phi) is 25.5. The summed E-state index contributed by atoms with van der Waals surface area (Å²) in [5, 5.41) is 120. The van der Waals surface area contributed by atoms with Gasteiger partial charge in [-0.1, -0.05) is 49.7 Å². The average Bonchev–Trinajstić information content (AvgIpc) is 0.756. The molecule has 7 fully saturated rings. The highest BCUT2D eigenvalue weighted by atomic mass is 35.5. The Bertz CT molecular complexity index is 4710. The monoisotopic (exact) mass is 1690 g/mol. The van der Waals surface area contributed by atoms with Gasteiger partial charge in [-0.05, 0) is 191 Å². The number of phenols is 3. The standard InChI is InChI=1S/C86H107ClN8O25/c1-35(2)16-54(91-7)82(111)94-70-57(100)24-46(27-64(88)103)80(109)92-68-45-25-61(76(62(26-45)116-60-15-11-42(72(70)104)23-53(60)87)120-84-77(74(106)73(105)63(34-96)117-84)119-66-33-86(6,90)79(108)37(4)114-66)115-48-12-8-40(9-13-48)75(118-65-32-85(5,89)78(107)36(3)113-65)71-83(112)93-69(59(102)30-49-43-18-38-17-39(20-43)21-44(49)19-38)52-28-47(97)29-56(99)67(52)51-22-41(10-14-55(51)98)50(31-58(68)101)81(110)95-71/h8-15,22-23,25-26,28-29,35-39,43-44,46,49-50,54,63,65-66,68-75,77-79,84,91,96-99,104-108H,16-21,24,27,30-34,89-90H2,1-7H3,(H2,88,103)(H,92,109)(H,93,112)(H,94,111)(H,95,110)/t36?,37?,38?,39?,43?,44?,46-,49?,50+,54+,63?,65?,66?,68+,69-,70-,71+,72+,73?,74?,75+,77?,78?,79?,84?,85?,86?/m0/s1. The first-order valence-electron chi connectivity index (χ1n) is 40.9. The fourth-order valence-electron chi connectivity index (χ4n) is 19.5. The van der Waals surface area contributed by atoms with Crippen LogP contribution in [-0.2, 0) is 62.0 Å². The number of aliphatic hydroxyl groups is 6. The first kappa shape index (κ1) is 87.3. The molecule has 4 saturated carbocycles. The van der Waals surface area contributed by atoms with Crippen molar-refractivity contribution in [1.82, 2.24) is 26.6 Å². The summed E-state index contributed by atoms with van der Waals surface area (Å²) >= 11 is 7.23. The van der Waals surface area contributed by atoms with Crippen LogP contribution in [0.15, 0.2) is 84.9 Å². The van der Waals surface area contributed by atoms with Crippen LogP contribution in [0.25, 0.3) is 11.1 Å². The van der Waals surface area contributed by atoms with Gasteiger partial charge in [0.2, 0.25) is 41.6 Å². The van der Waals surface area contributed by atoms with Crippen molar-refractivity contribution in [2.75, 3.05) is 13.7 Å². The Hall–Kier alpha value is -9.01. The van der Waals surface area contributed by atoms with Gasteiger partial charge in [-0.15, -0.1) is 0 Å². The van der Waals surface area contributed by atoms with E-state index in [1.165, 1.54) is 80.7 Å². The van der Waals surface area contributed by atoms with Crippen LogP contribution in [0.3, 0.4) is 0 Å². The molecule has 5 aromatic carbocycles. The number of nitrogens with two attached hydrogens (primary N) is 3. The average molecular weight is 1690 g/mol. The summed E-state index contributed by atoms with van der Waals surface area (Å²) in [7, 11) is 1.51. The van der Waals surface area contributed by atoms with Crippen molar-refractivity contribution >= 4 is 58.5 Å². The molecule has 0 aromatic heterocycles. The van der Waals surface area contributed by atoms with E-state index in [4.69, 9.17) is 66.7 Å². The molecule has 120 heavy (non-hydrogen) atoms. The number of primary amides is 1. The summed E-state index contributed by atoms with van der Waals surface area (Å²) in [5.74, 6) is -14.4. The number of halogens is 1. The lowest BCUT2D eigenvalue weighted by atomic mass is 9.51. The minimum Gasteiger partial charge on any atom is -0.508 e. The third kappa shape index (κ3) is 18.1. The van der Waals surface area contributed by atoms with E-state index >= 15 is 28.8 Å². The highest BCUT2D eigenvalue weighted by molar-refractivity contribution is 6.32. The predicted molar refractivity (Wildman–Crippen MR) is 426 cm³/mol. The second kappa shape index (κ2) is 35.1. The smallest absolute Gasteiger partial charge is 0.246 e. The highest BCUT2D eigenvalue weighted by Gasteiger charge is 2.54. The van der Waals surface area contributed by atoms with Crippen LogP contribution in [0.1, 0.15) is 177 Å². The largest absolute Gasteiger partial charge is 0.508 e. The van der Waals surface area contributed by atoms with Crippen molar-refractivity contribution in [2.24, 2.45) is 58.6 Å². The van der Waals surface area contributed by atoms with Crippen LogP contribution in [0.5, 0.6) is 46.0 Å². The third-order valence-electron chi connectivity index (χ3n) is 25.6. The molecule has 0 radical (unpaired) electrons. The number of amides is 5. The molecule has 17 rings (SSSR count). The Labute approximate surface area is 696 Å². The number of carbonyl (C=O) groups excluding carboxylic acids is 8. The van der Waals surface area contributed by atoms with Crippen molar-refractivity contribution < 1.29 is 122 Å². The highest BCUT2D eigenvalue weighted by Crippen LogP contribution is 2.59. The predicted octanol–water partition coefficient (Wildman–Crippen LogP) is 4.61. The Morgan fingerprint density at radius 1 is 0.667 bits per heavy atom. The van der Waals surface area contributed by atoms with Gasteiger partial charge in [0.05, 0.1) is 53.9 Å². The molecule has 34 heteroatoms. The van der Waals surface area contributed by atoms with Crippen molar-refractivity contribution in [3.63, 3.8) is 0 Å². The number of aromatic hydroxyl groups is 3. The molecule has 5 aromatic rings. The Balaban J connectivity index is 0.989. The number of rotatable bonds is 17. The minimum absolute atomic E-state index is 0.0705. The van der Waals surface area contributed by atoms with Gasteiger partial charge in [0.1, 0.15) is 83.4 Å². The molecule has 12 aliphatic rings. The van der Waals surface area contributed by atoms with E-state index in [0.717, 1.165) is 50.3 Å². The maximum absolute atomic E-state index is 16.8. The number of ether oxygens (including phenoxy) is 8. The molecular weight excluding hydrogens is 1580 g/mol. The van der Waals surface area contributed by atoms with Gasteiger partial charge in [-0.25, -0.2) is 0 Å². The number of Topliss-reactive ketones (excluding diaryl/α,β-unsaturated/α-hetero) is 3. The minimum atomic E-state index is -2.17. The molecule has 648 valence electrons. The number of phenolic OH excluding ortho intramolecular Hbond substituents is 3.